The standard InChI is InChI=1S/C32H46O2/c1-4-5-6-7-8-9-10-11-12-13-14-15-16-17-18-20-28(2)21-19-22-29(3)23-24-30-27-31(33)25-26-32(30)34/h4-5,8-9,12-13,16-17,21,23,25-27,33-34H,6-7,10-11,14-15,18-20,22,24H2,1-3H3/b5-4+,9-8+,13-12+,17-16+,28-21+,29-23+. The predicted octanol–water partition coefficient (Wildman–Crippen LogP) is 9.68. The lowest BCUT2D eigenvalue weighted by molar-refractivity contribution is 0.455. The summed E-state index contributed by atoms with van der Waals surface area (Å²) in [6.45, 7) is 6.42. The van der Waals surface area contributed by atoms with E-state index in [1.54, 1.807) is 12.1 Å². The summed E-state index contributed by atoms with van der Waals surface area (Å²) in [6.07, 6.45) is 34.4. The van der Waals surface area contributed by atoms with Gasteiger partial charge in [-0.1, -0.05) is 71.9 Å². The molecule has 0 saturated heterocycles. The van der Waals surface area contributed by atoms with E-state index in [1.165, 1.54) is 17.2 Å². The number of hydrogen-bond donors (Lipinski definition) is 2. The van der Waals surface area contributed by atoms with Crippen LogP contribution in [0.3, 0.4) is 0 Å². The molecule has 0 bridgehead atoms. The Labute approximate surface area is 208 Å². The van der Waals surface area contributed by atoms with Gasteiger partial charge in [0, 0.05) is 5.56 Å². The first kappa shape index (κ1) is 29.3. The topological polar surface area (TPSA) is 40.5 Å². The zero-order valence-corrected chi connectivity index (χ0v) is 21.7. The van der Waals surface area contributed by atoms with Gasteiger partial charge in [-0.3, -0.25) is 0 Å². The van der Waals surface area contributed by atoms with Gasteiger partial charge in [0.15, 0.2) is 0 Å². The first-order valence-corrected chi connectivity index (χ1v) is 12.9. The molecule has 1 aromatic carbocycles. The fourth-order valence-electron chi connectivity index (χ4n) is 3.53. The van der Waals surface area contributed by atoms with Gasteiger partial charge in [0.05, 0.1) is 0 Å². The van der Waals surface area contributed by atoms with Crippen LogP contribution in [-0.2, 0) is 6.42 Å². The van der Waals surface area contributed by atoms with Crippen LogP contribution in [-0.4, -0.2) is 10.2 Å². The van der Waals surface area contributed by atoms with Crippen molar-refractivity contribution in [1.29, 1.82) is 0 Å². The third-order valence-corrected chi connectivity index (χ3v) is 5.71. The molecular formula is C32H46O2. The van der Waals surface area contributed by atoms with E-state index in [2.05, 4.69) is 81.5 Å². The summed E-state index contributed by atoms with van der Waals surface area (Å²) in [4.78, 5) is 0. The van der Waals surface area contributed by atoms with Crippen LogP contribution in [0.2, 0.25) is 0 Å². The van der Waals surface area contributed by atoms with Gasteiger partial charge in [0.25, 0.3) is 0 Å². The van der Waals surface area contributed by atoms with E-state index in [-0.39, 0.29) is 11.5 Å². The molecule has 0 spiro atoms. The average molecular weight is 463 g/mol. The highest BCUT2D eigenvalue weighted by molar-refractivity contribution is 5.39. The maximum Gasteiger partial charge on any atom is 0.119 e. The molecule has 0 atom stereocenters. The summed E-state index contributed by atoms with van der Waals surface area (Å²) in [6, 6.07) is 4.67. The monoisotopic (exact) mass is 462 g/mol. The van der Waals surface area contributed by atoms with Gasteiger partial charge in [0.1, 0.15) is 11.5 Å². The molecule has 0 fully saturated rings. The van der Waals surface area contributed by atoms with Gasteiger partial charge in [-0.15, -0.1) is 0 Å². The minimum atomic E-state index is 0.192. The van der Waals surface area contributed by atoms with Crippen LogP contribution in [0.4, 0.5) is 0 Å². The number of aromatic hydroxyl groups is 2. The summed E-state index contributed by atoms with van der Waals surface area (Å²) < 4.78 is 0. The van der Waals surface area contributed by atoms with Crippen molar-refractivity contribution in [2.45, 2.75) is 91.4 Å². The minimum Gasteiger partial charge on any atom is -0.508 e. The summed E-state index contributed by atoms with van der Waals surface area (Å²) in [7, 11) is 0. The lowest BCUT2D eigenvalue weighted by Gasteiger charge is -2.04. The second kappa shape index (κ2) is 19.7. The molecule has 0 amide bonds. The highest BCUT2D eigenvalue weighted by atomic mass is 16.3. The molecule has 2 N–H and O–H groups in total. The highest BCUT2D eigenvalue weighted by Gasteiger charge is 2.01. The first-order chi connectivity index (χ1) is 16.5. The van der Waals surface area contributed by atoms with E-state index in [1.807, 2.05) is 0 Å². The van der Waals surface area contributed by atoms with E-state index in [0.717, 1.165) is 69.8 Å². The smallest absolute Gasteiger partial charge is 0.119 e. The number of unbranched alkanes of at least 4 members (excludes halogenated alkanes) is 3. The Hall–Kier alpha value is -2.74. The van der Waals surface area contributed by atoms with Crippen molar-refractivity contribution in [2.24, 2.45) is 0 Å². The first-order valence-electron chi connectivity index (χ1n) is 12.9. The Bertz CT molecular complexity index is 850. The van der Waals surface area contributed by atoms with Gasteiger partial charge in [-0.2, -0.15) is 0 Å². The van der Waals surface area contributed by atoms with Crippen molar-refractivity contribution in [3.05, 3.63) is 95.7 Å². The van der Waals surface area contributed by atoms with E-state index < -0.39 is 0 Å². The van der Waals surface area contributed by atoms with E-state index in [0.29, 0.717) is 6.42 Å². The second-order valence-corrected chi connectivity index (χ2v) is 8.91. The van der Waals surface area contributed by atoms with Crippen molar-refractivity contribution in [1.82, 2.24) is 0 Å². The van der Waals surface area contributed by atoms with E-state index >= 15 is 0 Å². The molecule has 1 aromatic rings. The Morgan fingerprint density at radius 1 is 0.647 bits per heavy atom. The SMILES string of the molecule is C/C=C/CC/C=C/CC/C=C/CC/C=C/CC/C(C)=C/CC/C(C)=C/Cc1cc(O)ccc1O. The number of hydrogen-bond acceptors (Lipinski definition) is 2. The van der Waals surface area contributed by atoms with Gasteiger partial charge in [0.2, 0.25) is 0 Å². The molecule has 186 valence electrons. The summed E-state index contributed by atoms with van der Waals surface area (Å²) >= 11 is 0. The summed E-state index contributed by atoms with van der Waals surface area (Å²) in [5, 5.41) is 19.4. The van der Waals surface area contributed by atoms with Crippen LogP contribution >= 0.6 is 0 Å². The number of rotatable bonds is 17. The molecule has 1 rings (SSSR count). The van der Waals surface area contributed by atoms with Crippen molar-refractivity contribution >= 4 is 0 Å². The third-order valence-electron chi connectivity index (χ3n) is 5.71. The predicted molar refractivity (Wildman–Crippen MR) is 149 cm³/mol. The molecule has 0 aliphatic heterocycles. The van der Waals surface area contributed by atoms with Gasteiger partial charge in [-0.25, -0.2) is 0 Å². The van der Waals surface area contributed by atoms with Crippen LogP contribution in [0.5, 0.6) is 11.5 Å². The number of phenols is 2. The van der Waals surface area contributed by atoms with Gasteiger partial charge >= 0.3 is 0 Å². The van der Waals surface area contributed by atoms with Crippen molar-refractivity contribution < 1.29 is 10.2 Å². The number of benzene rings is 1. The zero-order valence-electron chi connectivity index (χ0n) is 21.7. The van der Waals surface area contributed by atoms with Crippen LogP contribution in [0.25, 0.3) is 0 Å². The fourth-order valence-corrected chi connectivity index (χ4v) is 3.53. The Kier molecular flexibility index (Phi) is 17.0. The van der Waals surface area contributed by atoms with E-state index in [9.17, 15) is 10.2 Å². The fraction of sp³-hybridized carbons (Fsp3) is 0.438. The van der Waals surface area contributed by atoms with Gasteiger partial charge in [-0.05, 0) is 110 Å². The lowest BCUT2D eigenvalue weighted by atomic mass is 10.0. The summed E-state index contributed by atoms with van der Waals surface area (Å²) in [5.41, 5.74) is 3.51. The molecule has 2 nitrogen and oxygen atoms in total. The van der Waals surface area contributed by atoms with Crippen molar-refractivity contribution in [3.63, 3.8) is 0 Å². The van der Waals surface area contributed by atoms with Crippen LogP contribution < -0.4 is 0 Å². The molecule has 2 heteroatoms. The molecule has 0 unspecified atom stereocenters. The quantitative estimate of drug-likeness (QED) is 0.137. The third kappa shape index (κ3) is 16.0. The number of phenolic OH excluding ortho intramolecular Hbond substituents is 2. The van der Waals surface area contributed by atoms with Crippen LogP contribution in [0.15, 0.2) is 90.1 Å². The average Bonchev–Trinajstić information content (AvgIpc) is 2.82. The second-order valence-electron chi connectivity index (χ2n) is 8.91. The van der Waals surface area contributed by atoms with Crippen LogP contribution in [0.1, 0.15) is 90.5 Å². The molecule has 34 heavy (non-hydrogen) atoms. The van der Waals surface area contributed by atoms with Gasteiger partial charge < -0.3 is 10.2 Å². The lowest BCUT2D eigenvalue weighted by Crippen LogP contribution is -1.85. The maximum atomic E-state index is 9.87. The molecule has 0 aliphatic carbocycles. The molecule has 0 radical (unpaired) electrons. The Morgan fingerprint density at radius 2 is 1.15 bits per heavy atom. The molecule has 0 aliphatic rings. The molecule has 0 saturated carbocycles. The largest absolute Gasteiger partial charge is 0.508 e. The zero-order chi connectivity index (χ0) is 24.9. The number of allylic oxidation sites excluding steroid dienone is 12. The minimum absolute atomic E-state index is 0.192. The van der Waals surface area contributed by atoms with Crippen LogP contribution in [0, 0.1) is 0 Å². The normalized spacial score (nSPS) is 13.4. The Morgan fingerprint density at radius 3 is 1.74 bits per heavy atom. The molecule has 0 heterocycles. The van der Waals surface area contributed by atoms with Crippen molar-refractivity contribution in [3.8, 4) is 11.5 Å². The Balaban J connectivity index is 2.10. The molecular weight excluding hydrogens is 416 g/mol. The van der Waals surface area contributed by atoms with E-state index in [4.69, 9.17) is 0 Å². The highest BCUT2D eigenvalue weighted by Crippen LogP contribution is 2.23. The maximum absolute atomic E-state index is 9.87. The molecule has 0 aromatic heterocycles. The summed E-state index contributed by atoms with van der Waals surface area (Å²) in [5.74, 6) is 0.429. The van der Waals surface area contributed by atoms with Crippen molar-refractivity contribution in [2.75, 3.05) is 0 Å².